The molecule has 1 aromatic heterocycles. The Labute approximate surface area is 70.0 Å². The fourth-order valence-corrected chi connectivity index (χ4v) is 1.20. The molecule has 0 aliphatic heterocycles. The smallest absolute Gasteiger partial charge is 0.0196 e. The maximum atomic E-state index is 2.29. The van der Waals surface area contributed by atoms with Crippen molar-refractivity contribution in [1.29, 1.82) is 0 Å². The molecular weight excluding hydrogens is 134 g/mol. The SMILES string of the molecule is CC.CCn1c(C)ccc1C. The van der Waals surface area contributed by atoms with Crippen LogP contribution in [0.2, 0.25) is 0 Å². The van der Waals surface area contributed by atoms with E-state index in [1.807, 2.05) is 13.8 Å². The largest absolute Gasteiger partial charge is 0.349 e. The van der Waals surface area contributed by atoms with E-state index in [1.54, 1.807) is 0 Å². The van der Waals surface area contributed by atoms with Crippen molar-refractivity contribution >= 4 is 0 Å². The highest BCUT2D eigenvalue weighted by Crippen LogP contribution is 2.05. The summed E-state index contributed by atoms with van der Waals surface area (Å²) in [7, 11) is 0. The fraction of sp³-hybridized carbons (Fsp3) is 0.600. The summed E-state index contributed by atoms with van der Waals surface area (Å²) in [6, 6.07) is 4.30. The Morgan fingerprint density at radius 2 is 1.45 bits per heavy atom. The van der Waals surface area contributed by atoms with E-state index in [2.05, 4.69) is 37.5 Å². The van der Waals surface area contributed by atoms with Crippen LogP contribution >= 0.6 is 0 Å². The Kier molecular flexibility index (Phi) is 4.67. The van der Waals surface area contributed by atoms with Gasteiger partial charge in [-0.05, 0) is 32.9 Å². The van der Waals surface area contributed by atoms with E-state index in [4.69, 9.17) is 0 Å². The second kappa shape index (κ2) is 5.00. The molecule has 0 unspecified atom stereocenters. The first kappa shape index (κ1) is 10.3. The lowest BCUT2D eigenvalue weighted by molar-refractivity contribution is 0.719. The molecule has 0 saturated carbocycles. The normalized spacial score (nSPS) is 8.82. The van der Waals surface area contributed by atoms with Gasteiger partial charge in [0, 0.05) is 17.9 Å². The summed E-state index contributed by atoms with van der Waals surface area (Å²) >= 11 is 0. The van der Waals surface area contributed by atoms with Crippen molar-refractivity contribution in [2.75, 3.05) is 0 Å². The number of hydrogen-bond donors (Lipinski definition) is 0. The van der Waals surface area contributed by atoms with E-state index in [0.29, 0.717) is 0 Å². The van der Waals surface area contributed by atoms with Crippen LogP contribution in [-0.4, -0.2) is 4.57 Å². The highest BCUT2D eigenvalue weighted by atomic mass is 15.0. The molecule has 11 heavy (non-hydrogen) atoms. The Balaban J connectivity index is 0.000000461. The molecule has 1 heteroatoms. The van der Waals surface area contributed by atoms with Gasteiger partial charge in [0.2, 0.25) is 0 Å². The van der Waals surface area contributed by atoms with Gasteiger partial charge in [0.1, 0.15) is 0 Å². The van der Waals surface area contributed by atoms with E-state index in [0.717, 1.165) is 6.54 Å². The number of aromatic nitrogens is 1. The van der Waals surface area contributed by atoms with E-state index in [9.17, 15) is 0 Å². The maximum absolute atomic E-state index is 2.29. The zero-order valence-corrected chi connectivity index (χ0v) is 8.31. The summed E-state index contributed by atoms with van der Waals surface area (Å²) in [5, 5.41) is 0. The minimum absolute atomic E-state index is 1.09. The first-order chi connectivity index (χ1) is 5.25. The summed E-state index contributed by atoms with van der Waals surface area (Å²) in [4.78, 5) is 0. The first-order valence-corrected chi connectivity index (χ1v) is 4.38. The van der Waals surface area contributed by atoms with Gasteiger partial charge in [0.25, 0.3) is 0 Å². The topological polar surface area (TPSA) is 4.93 Å². The van der Waals surface area contributed by atoms with Crippen molar-refractivity contribution in [2.24, 2.45) is 0 Å². The molecule has 0 N–H and O–H groups in total. The van der Waals surface area contributed by atoms with Crippen LogP contribution < -0.4 is 0 Å². The predicted octanol–water partition coefficient (Wildman–Crippen LogP) is 3.15. The van der Waals surface area contributed by atoms with Crippen LogP contribution in [-0.2, 0) is 6.54 Å². The average molecular weight is 153 g/mol. The number of nitrogens with zero attached hydrogens (tertiary/aromatic N) is 1. The molecule has 1 aromatic rings. The Morgan fingerprint density at radius 3 is 1.64 bits per heavy atom. The van der Waals surface area contributed by atoms with Gasteiger partial charge in [-0.1, -0.05) is 13.8 Å². The van der Waals surface area contributed by atoms with Crippen molar-refractivity contribution in [3.05, 3.63) is 23.5 Å². The van der Waals surface area contributed by atoms with Crippen molar-refractivity contribution in [3.8, 4) is 0 Å². The molecule has 1 rings (SSSR count). The lowest BCUT2D eigenvalue weighted by Gasteiger charge is -2.02. The number of hydrogen-bond acceptors (Lipinski definition) is 0. The molecule has 1 heterocycles. The molecule has 0 saturated heterocycles. The van der Waals surface area contributed by atoms with E-state index in [-0.39, 0.29) is 0 Å². The van der Waals surface area contributed by atoms with Crippen LogP contribution in [0.5, 0.6) is 0 Å². The van der Waals surface area contributed by atoms with Crippen molar-refractivity contribution in [2.45, 2.75) is 41.2 Å². The molecule has 0 radical (unpaired) electrons. The van der Waals surface area contributed by atoms with Gasteiger partial charge < -0.3 is 4.57 Å². The summed E-state index contributed by atoms with van der Waals surface area (Å²) in [5.41, 5.74) is 2.71. The molecule has 0 bridgehead atoms. The van der Waals surface area contributed by atoms with Crippen molar-refractivity contribution in [3.63, 3.8) is 0 Å². The lowest BCUT2D eigenvalue weighted by Crippen LogP contribution is -1.97. The van der Waals surface area contributed by atoms with E-state index in [1.165, 1.54) is 11.4 Å². The standard InChI is InChI=1S/C8H13N.C2H6/c1-4-9-7(2)5-6-8(9)3;1-2/h5-6H,4H2,1-3H3;1-2H3. The highest BCUT2D eigenvalue weighted by Gasteiger charge is 1.94. The first-order valence-electron chi connectivity index (χ1n) is 4.38. The predicted molar refractivity (Wildman–Crippen MR) is 50.9 cm³/mol. The highest BCUT2D eigenvalue weighted by molar-refractivity contribution is 5.13. The summed E-state index contributed by atoms with van der Waals surface area (Å²) in [5.74, 6) is 0. The molecule has 0 spiro atoms. The molecule has 1 nitrogen and oxygen atoms in total. The Morgan fingerprint density at radius 1 is 1.09 bits per heavy atom. The van der Waals surface area contributed by atoms with Crippen LogP contribution in [0.15, 0.2) is 12.1 Å². The molecule has 0 aromatic carbocycles. The third-order valence-corrected chi connectivity index (χ3v) is 1.73. The third kappa shape index (κ3) is 2.41. The van der Waals surface area contributed by atoms with Crippen LogP contribution in [0.1, 0.15) is 32.2 Å². The number of rotatable bonds is 1. The Hall–Kier alpha value is -0.720. The summed E-state index contributed by atoms with van der Waals surface area (Å²) in [6.07, 6.45) is 0. The number of aryl methyl sites for hydroxylation is 2. The second-order valence-corrected chi connectivity index (χ2v) is 2.36. The van der Waals surface area contributed by atoms with Crippen molar-refractivity contribution < 1.29 is 0 Å². The zero-order chi connectivity index (χ0) is 8.85. The van der Waals surface area contributed by atoms with E-state index >= 15 is 0 Å². The van der Waals surface area contributed by atoms with Crippen LogP contribution in [0.25, 0.3) is 0 Å². The van der Waals surface area contributed by atoms with Crippen LogP contribution in [0, 0.1) is 13.8 Å². The van der Waals surface area contributed by atoms with Crippen LogP contribution in [0.4, 0.5) is 0 Å². The molecular formula is C10H19N. The minimum atomic E-state index is 1.09. The maximum Gasteiger partial charge on any atom is 0.0196 e. The van der Waals surface area contributed by atoms with Gasteiger partial charge in [-0.3, -0.25) is 0 Å². The molecule has 0 aliphatic carbocycles. The summed E-state index contributed by atoms with van der Waals surface area (Å²) < 4.78 is 2.29. The fourth-order valence-electron chi connectivity index (χ4n) is 1.20. The molecule has 0 aliphatic rings. The zero-order valence-electron chi connectivity index (χ0n) is 8.31. The van der Waals surface area contributed by atoms with Gasteiger partial charge in [0.05, 0.1) is 0 Å². The van der Waals surface area contributed by atoms with E-state index < -0.39 is 0 Å². The molecule has 0 fully saturated rings. The van der Waals surface area contributed by atoms with Crippen LogP contribution in [0.3, 0.4) is 0 Å². The molecule has 0 amide bonds. The summed E-state index contributed by atoms with van der Waals surface area (Å²) in [6.45, 7) is 11.5. The molecule has 64 valence electrons. The van der Waals surface area contributed by atoms with Gasteiger partial charge in [0.15, 0.2) is 0 Å². The minimum Gasteiger partial charge on any atom is -0.349 e. The average Bonchev–Trinajstić information content (AvgIpc) is 2.35. The third-order valence-electron chi connectivity index (χ3n) is 1.73. The van der Waals surface area contributed by atoms with Gasteiger partial charge in [-0.15, -0.1) is 0 Å². The van der Waals surface area contributed by atoms with Gasteiger partial charge in [-0.25, -0.2) is 0 Å². The lowest BCUT2D eigenvalue weighted by atomic mass is 10.5. The second-order valence-electron chi connectivity index (χ2n) is 2.36. The Bertz CT molecular complexity index is 179. The van der Waals surface area contributed by atoms with Crippen molar-refractivity contribution in [1.82, 2.24) is 4.57 Å². The monoisotopic (exact) mass is 153 g/mol. The molecule has 0 atom stereocenters. The quantitative estimate of drug-likeness (QED) is 0.584. The van der Waals surface area contributed by atoms with Gasteiger partial charge in [-0.2, -0.15) is 0 Å². The van der Waals surface area contributed by atoms with Gasteiger partial charge >= 0.3 is 0 Å².